The summed E-state index contributed by atoms with van der Waals surface area (Å²) in [7, 11) is 0. The van der Waals surface area contributed by atoms with Crippen molar-refractivity contribution in [3.05, 3.63) is 66.2 Å². The van der Waals surface area contributed by atoms with Crippen LogP contribution >= 0.6 is 0 Å². The van der Waals surface area contributed by atoms with Crippen LogP contribution in [0.1, 0.15) is 5.56 Å². The molecular formula is C16H12FNO2. The van der Waals surface area contributed by atoms with Gasteiger partial charge in [0.1, 0.15) is 11.4 Å². The molecule has 1 N–H and O–H groups in total. The molecule has 0 radical (unpaired) electrons. The third-order valence-electron chi connectivity index (χ3n) is 3.04. The molecule has 20 heavy (non-hydrogen) atoms. The summed E-state index contributed by atoms with van der Waals surface area (Å²) >= 11 is 0. The molecule has 3 aromatic rings. The average molecular weight is 269 g/mol. The first-order valence-corrected chi connectivity index (χ1v) is 6.23. The van der Waals surface area contributed by atoms with E-state index in [1.54, 1.807) is 6.26 Å². The summed E-state index contributed by atoms with van der Waals surface area (Å²) in [6.45, 7) is 0. The first kappa shape index (κ1) is 12.4. The first-order valence-electron chi connectivity index (χ1n) is 6.23. The van der Waals surface area contributed by atoms with E-state index in [1.807, 2.05) is 24.3 Å². The van der Waals surface area contributed by atoms with Gasteiger partial charge in [0.15, 0.2) is 0 Å². The molecule has 1 aromatic heterocycles. The van der Waals surface area contributed by atoms with E-state index in [4.69, 9.17) is 4.42 Å². The average Bonchev–Trinajstić information content (AvgIpc) is 2.85. The second-order valence-corrected chi connectivity index (χ2v) is 4.49. The van der Waals surface area contributed by atoms with Gasteiger partial charge in [-0.2, -0.15) is 0 Å². The number of rotatable bonds is 3. The maximum absolute atomic E-state index is 12.8. The third kappa shape index (κ3) is 2.54. The Morgan fingerprint density at radius 1 is 1.10 bits per heavy atom. The van der Waals surface area contributed by atoms with Gasteiger partial charge in [-0.05, 0) is 30.3 Å². The van der Waals surface area contributed by atoms with Crippen LogP contribution in [0.4, 0.5) is 10.1 Å². The molecule has 0 aliphatic heterocycles. The predicted molar refractivity (Wildman–Crippen MR) is 74.9 cm³/mol. The Kier molecular flexibility index (Phi) is 3.21. The summed E-state index contributed by atoms with van der Waals surface area (Å²) in [5.41, 5.74) is 2.17. The smallest absolute Gasteiger partial charge is 0.228 e. The minimum atomic E-state index is -0.330. The van der Waals surface area contributed by atoms with Crippen molar-refractivity contribution in [3.63, 3.8) is 0 Å². The van der Waals surface area contributed by atoms with Crippen LogP contribution in [0.25, 0.3) is 11.0 Å². The zero-order valence-electron chi connectivity index (χ0n) is 10.6. The van der Waals surface area contributed by atoms with Gasteiger partial charge in [0.05, 0.1) is 12.7 Å². The van der Waals surface area contributed by atoms with Crippen molar-refractivity contribution in [3.8, 4) is 0 Å². The number of para-hydroxylation sites is 1. The minimum Gasteiger partial charge on any atom is -0.464 e. The SMILES string of the molecule is O=C(Cc1coc2ccccc12)Nc1ccc(F)cc1. The summed E-state index contributed by atoms with van der Waals surface area (Å²) in [5, 5.41) is 3.66. The highest BCUT2D eigenvalue weighted by molar-refractivity contribution is 5.95. The van der Waals surface area contributed by atoms with E-state index in [0.717, 1.165) is 16.5 Å². The Morgan fingerprint density at radius 2 is 1.85 bits per heavy atom. The standard InChI is InChI=1S/C16H12FNO2/c17-12-5-7-13(8-6-12)18-16(19)9-11-10-20-15-4-2-1-3-14(11)15/h1-8,10H,9H2,(H,18,19). The van der Waals surface area contributed by atoms with Gasteiger partial charge in [0.2, 0.25) is 5.91 Å². The van der Waals surface area contributed by atoms with Gasteiger partial charge in [-0.15, -0.1) is 0 Å². The number of benzene rings is 2. The Morgan fingerprint density at radius 3 is 2.65 bits per heavy atom. The third-order valence-corrected chi connectivity index (χ3v) is 3.04. The number of halogens is 1. The number of hydrogen-bond acceptors (Lipinski definition) is 2. The van der Waals surface area contributed by atoms with Crippen LogP contribution in [0.2, 0.25) is 0 Å². The highest BCUT2D eigenvalue weighted by Gasteiger charge is 2.10. The van der Waals surface area contributed by atoms with Gasteiger partial charge in [0.25, 0.3) is 0 Å². The van der Waals surface area contributed by atoms with Crippen LogP contribution in [0.3, 0.4) is 0 Å². The Bertz CT molecular complexity index is 747. The van der Waals surface area contributed by atoms with E-state index < -0.39 is 0 Å². The van der Waals surface area contributed by atoms with Crippen molar-refractivity contribution in [1.29, 1.82) is 0 Å². The van der Waals surface area contributed by atoms with Gasteiger partial charge in [0, 0.05) is 16.6 Å². The summed E-state index contributed by atoms with van der Waals surface area (Å²) < 4.78 is 18.2. The molecule has 0 aliphatic rings. The fraction of sp³-hybridized carbons (Fsp3) is 0.0625. The molecule has 0 saturated heterocycles. The Hall–Kier alpha value is -2.62. The van der Waals surface area contributed by atoms with E-state index in [1.165, 1.54) is 24.3 Å². The van der Waals surface area contributed by atoms with Crippen LogP contribution < -0.4 is 5.32 Å². The number of carbonyl (C=O) groups excluding carboxylic acids is 1. The van der Waals surface area contributed by atoms with Crippen molar-refractivity contribution < 1.29 is 13.6 Å². The van der Waals surface area contributed by atoms with Crippen LogP contribution in [0.5, 0.6) is 0 Å². The van der Waals surface area contributed by atoms with Gasteiger partial charge >= 0.3 is 0 Å². The van der Waals surface area contributed by atoms with Crippen molar-refractivity contribution in [2.45, 2.75) is 6.42 Å². The predicted octanol–water partition coefficient (Wildman–Crippen LogP) is 3.75. The van der Waals surface area contributed by atoms with Crippen LogP contribution in [0, 0.1) is 5.82 Å². The number of furan rings is 1. The summed E-state index contributed by atoms with van der Waals surface area (Å²) in [4.78, 5) is 12.0. The molecule has 0 atom stereocenters. The number of hydrogen-bond donors (Lipinski definition) is 1. The van der Waals surface area contributed by atoms with Gasteiger partial charge in [-0.25, -0.2) is 4.39 Å². The van der Waals surface area contributed by atoms with Crippen LogP contribution in [-0.4, -0.2) is 5.91 Å². The van der Waals surface area contributed by atoms with Crippen molar-refractivity contribution >= 4 is 22.6 Å². The number of fused-ring (bicyclic) bond motifs is 1. The fourth-order valence-corrected chi connectivity index (χ4v) is 2.08. The van der Waals surface area contributed by atoms with Gasteiger partial charge < -0.3 is 9.73 Å². The quantitative estimate of drug-likeness (QED) is 0.786. The van der Waals surface area contributed by atoms with Crippen LogP contribution in [-0.2, 0) is 11.2 Å². The second kappa shape index (κ2) is 5.17. The maximum Gasteiger partial charge on any atom is 0.228 e. The first-order chi connectivity index (χ1) is 9.72. The largest absolute Gasteiger partial charge is 0.464 e. The van der Waals surface area contributed by atoms with Crippen molar-refractivity contribution in [1.82, 2.24) is 0 Å². The normalized spacial score (nSPS) is 10.7. The Labute approximate surface area is 115 Å². The molecule has 0 fully saturated rings. The molecule has 1 heterocycles. The minimum absolute atomic E-state index is 0.164. The number of nitrogens with one attached hydrogen (secondary N) is 1. The van der Waals surface area contributed by atoms with E-state index in [-0.39, 0.29) is 18.1 Å². The van der Waals surface area contributed by atoms with E-state index >= 15 is 0 Å². The number of anilines is 1. The molecule has 0 aliphatic carbocycles. The van der Waals surface area contributed by atoms with E-state index in [0.29, 0.717) is 5.69 Å². The highest BCUT2D eigenvalue weighted by Crippen LogP contribution is 2.21. The monoisotopic (exact) mass is 269 g/mol. The topological polar surface area (TPSA) is 42.2 Å². The molecule has 0 bridgehead atoms. The zero-order valence-corrected chi connectivity index (χ0v) is 10.6. The van der Waals surface area contributed by atoms with Crippen molar-refractivity contribution in [2.75, 3.05) is 5.32 Å². The molecule has 0 unspecified atom stereocenters. The number of carbonyl (C=O) groups is 1. The molecule has 1 amide bonds. The molecule has 100 valence electrons. The van der Waals surface area contributed by atoms with Crippen molar-refractivity contribution in [2.24, 2.45) is 0 Å². The van der Waals surface area contributed by atoms with Gasteiger partial charge in [-0.1, -0.05) is 18.2 Å². The lowest BCUT2D eigenvalue weighted by Crippen LogP contribution is -2.14. The molecular weight excluding hydrogens is 257 g/mol. The molecule has 0 saturated carbocycles. The van der Waals surface area contributed by atoms with E-state index in [9.17, 15) is 9.18 Å². The molecule has 0 spiro atoms. The number of amides is 1. The molecule has 2 aromatic carbocycles. The molecule has 3 nitrogen and oxygen atoms in total. The maximum atomic E-state index is 12.8. The molecule has 4 heteroatoms. The summed E-state index contributed by atoms with van der Waals surface area (Å²) in [5.74, 6) is -0.494. The zero-order chi connectivity index (χ0) is 13.9. The second-order valence-electron chi connectivity index (χ2n) is 4.49. The fourth-order valence-electron chi connectivity index (χ4n) is 2.08. The lowest BCUT2D eigenvalue weighted by molar-refractivity contribution is -0.115. The van der Waals surface area contributed by atoms with Crippen LogP contribution in [0.15, 0.2) is 59.2 Å². The lowest BCUT2D eigenvalue weighted by Gasteiger charge is -2.04. The summed E-state index contributed by atoms with van der Waals surface area (Å²) in [6.07, 6.45) is 1.81. The highest BCUT2D eigenvalue weighted by atomic mass is 19.1. The van der Waals surface area contributed by atoms with Gasteiger partial charge in [-0.3, -0.25) is 4.79 Å². The summed E-state index contributed by atoms with van der Waals surface area (Å²) in [6, 6.07) is 13.2. The van der Waals surface area contributed by atoms with E-state index in [2.05, 4.69) is 5.32 Å². The molecule has 3 rings (SSSR count). The lowest BCUT2D eigenvalue weighted by atomic mass is 10.1. The Balaban J connectivity index is 1.74.